The second-order valence-electron chi connectivity index (χ2n) is 4.27. The number of nitriles is 1. The van der Waals surface area contributed by atoms with E-state index < -0.39 is 0 Å². The molecule has 0 aliphatic rings. The zero-order valence-corrected chi connectivity index (χ0v) is 11.4. The molecule has 0 saturated carbocycles. The first-order valence-electron chi connectivity index (χ1n) is 6.46. The lowest BCUT2D eigenvalue weighted by molar-refractivity contribution is 0.251. The normalized spacial score (nSPS) is 9.48. The Morgan fingerprint density at radius 2 is 1.95 bits per heavy atom. The molecular weight excluding hydrogens is 266 g/mol. The third-order valence-corrected chi connectivity index (χ3v) is 2.69. The number of urea groups is 1. The van der Waals surface area contributed by atoms with Crippen molar-refractivity contribution in [2.24, 2.45) is 0 Å². The monoisotopic (exact) mass is 281 g/mol. The van der Waals surface area contributed by atoms with Crippen molar-refractivity contribution >= 4 is 11.7 Å². The molecule has 2 N–H and O–H groups in total. The molecule has 5 heteroatoms. The van der Waals surface area contributed by atoms with Crippen LogP contribution in [-0.2, 0) is 6.54 Å². The third kappa shape index (κ3) is 4.88. The van der Waals surface area contributed by atoms with Gasteiger partial charge in [0.1, 0.15) is 11.8 Å². The van der Waals surface area contributed by atoms with Crippen LogP contribution in [0, 0.1) is 11.3 Å². The number of rotatable bonds is 5. The number of carbonyl (C=O) groups is 1. The van der Waals surface area contributed by atoms with Crippen molar-refractivity contribution in [3.05, 3.63) is 60.2 Å². The van der Waals surface area contributed by atoms with Gasteiger partial charge in [0.25, 0.3) is 0 Å². The molecule has 0 radical (unpaired) electrons. The van der Waals surface area contributed by atoms with E-state index in [0.29, 0.717) is 18.0 Å². The Labute approximate surface area is 123 Å². The fourth-order valence-electron chi connectivity index (χ4n) is 1.73. The quantitative estimate of drug-likeness (QED) is 0.885. The highest BCUT2D eigenvalue weighted by molar-refractivity contribution is 5.89. The number of amides is 2. The molecule has 0 saturated heterocycles. The summed E-state index contributed by atoms with van der Waals surface area (Å²) in [5.41, 5.74) is 1.63. The maximum atomic E-state index is 11.8. The standard InChI is InChI=1S/C16H15N3O2/c17-9-10-21-15-8-4-7-14(11-15)19-16(20)18-12-13-5-2-1-3-6-13/h1-8,11H,10,12H2,(H2,18,19,20). The zero-order chi connectivity index (χ0) is 14.9. The highest BCUT2D eigenvalue weighted by Gasteiger charge is 2.03. The van der Waals surface area contributed by atoms with Gasteiger partial charge in [-0.3, -0.25) is 0 Å². The SMILES string of the molecule is N#CCOc1cccc(NC(=O)NCc2ccccc2)c1. The van der Waals surface area contributed by atoms with E-state index in [0.717, 1.165) is 5.56 Å². The maximum Gasteiger partial charge on any atom is 0.319 e. The van der Waals surface area contributed by atoms with Crippen LogP contribution in [0.5, 0.6) is 5.75 Å². The summed E-state index contributed by atoms with van der Waals surface area (Å²) in [5, 5.41) is 13.9. The van der Waals surface area contributed by atoms with Crippen LogP contribution in [0.4, 0.5) is 10.5 Å². The summed E-state index contributed by atoms with van der Waals surface area (Å²) in [5.74, 6) is 0.539. The summed E-state index contributed by atoms with van der Waals surface area (Å²) in [6.07, 6.45) is 0. The molecule has 2 aromatic carbocycles. The van der Waals surface area contributed by atoms with E-state index in [1.54, 1.807) is 24.3 Å². The molecular formula is C16H15N3O2. The lowest BCUT2D eigenvalue weighted by Crippen LogP contribution is -2.28. The van der Waals surface area contributed by atoms with Gasteiger partial charge in [-0.25, -0.2) is 4.79 Å². The minimum absolute atomic E-state index is 0.0241. The number of benzene rings is 2. The smallest absolute Gasteiger partial charge is 0.319 e. The van der Waals surface area contributed by atoms with Gasteiger partial charge in [-0.1, -0.05) is 36.4 Å². The molecule has 106 valence electrons. The average Bonchev–Trinajstić information content (AvgIpc) is 2.52. The van der Waals surface area contributed by atoms with E-state index >= 15 is 0 Å². The molecule has 0 bridgehead atoms. The van der Waals surface area contributed by atoms with Crippen molar-refractivity contribution in [3.8, 4) is 11.8 Å². The summed E-state index contributed by atoms with van der Waals surface area (Å²) >= 11 is 0. The number of nitrogens with one attached hydrogen (secondary N) is 2. The number of nitrogens with zero attached hydrogens (tertiary/aromatic N) is 1. The number of hydrogen-bond donors (Lipinski definition) is 2. The summed E-state index contributed by atoms with van der Waals surface area (Å²) in [7, 11) is 0. The first-order valence-corrected chi connectivity index (χ1v) is 6.46. The Morgan fingerprint density at radius 3 is 2.71 bits per heavy atom. The number of anilines is 1. The van der Waals surface area contributed by atoms with Gasteiger partial charge >= 0.3 is 6.03 Å². The fourth-order valence-corrected chi connectivity index (χ4v) is 1.73. The largest absolute Gasteiger partial charge is 0.479 e. The van der Waals surface area contributed by atoms with Gasteiger partial charge in [0.05, 0.1) is 0 Å². The Bertz CT molecular complexity index is 635. The van der Waals surface area contributed by atoms with Crippen LogP contribution in [0.1, 0.15) is 5.56 Å². The van der Waals surface area contributed by atoms with Crippen molar-refractivity contribution in [1.29, 1.82) is 5.26 Å². The highest BCUT2D eigenvalue weighted by Crippen LogP contribution is 2.17. The van der Waals surface area contributed by atoms with Gasteiger partial charge in [0, 0.05) is 18.3 Å². The van der Waals surface area contributed by atoms with Crippen LogP contribution in [0.2, 0.25) is 0 Å². The van der Waals surface area contributed by atoms with Gasteiger partial charge < -0.3 is 15.4 Å². The molecule has 2 aromatic rings. The fraction of sp³-hybridized carbons (Fsp3) is 0.125. The molecule has 0 aromatic heterocycles. The average molecular weight is 281 g/mol. The summed E-state index contributed by atoms with van der Waals surface area (Å²) in [4.78, 5) is 11.8. The summed E-state index contributed by atoms with van der Waals surface area (Å²) in [6, 6.07) is 18.1. The Balaban J connectivity index is 1.86. The third-order valence-electron chi connectivity index (χ3n) is 2.69. The Hall–Kier alpha value is -3.00. The van der Waals surface area contributed by atoms with Crippen LogP contribution in [0.15, 0.2) is 54.6 Å². The molecule has 0 aliphatic heterocycles. The van der Waals surface area contributed by atoms with Crippen molar-refractivity contribution in [1.82, 2.24) is 5.32 Å². The zero-order valence-electron chi connectivity index (χ0n) is 11.4. The van der Waals surface area contributed by atoms with Gasteiger partial charge in [0.2, 0.25) is 0 Å². The summed E-state index contributed by atoms with van der Waals surface area (Å²) in [6.45, 7) is 0.432. The highest BCUT2D eigenvalue weighted by atomic mass is 16.5. The second kappa shape index (κ2) is 7.56. The minimum atomic E-state index is -0.295. The molecule has 0 atom stereocenters. The van der Waals surface area contributed by atoms with E-state index in [2.05, 4.69) is 10.6 Å². The Kier molecular flexibility index (Phi) is 5.18. The van der Waals surface area contributed by atoms with E-state index in [9.17, 15) is 4.79 Å². The first kappa shape index (κ1) is 14.4. The van der Waals surface area contributed by atoms with Crippen LogP contribution in [0.3, 0.4) is 0 Å². The van der Waals surface area contributed by atoms with Gasteiger partial charge in [-0.15, -0.1) is 0 Å². The molecule has 2 amide bonds. The van der Waals surface area contributed by atoms with E-state index in [1.807, 2.05) is 36.4 Å². The molecule has 2 rings (SSSR count). The van der Waals surface area contributed by atoms with Gasteiger partial charge in [-0.2, -0.15) is 5.26 Å². The van der Waals surface area contributed by atoms with E-state index in [1.165, 1.54) is 0 Å². The van der Waals surface area contributed by atoms with Crippen molar-refractivity contribution < 1.29 is 9.53 Å². The van der Waals surface area contributed by atoms with Crippen LogP contribution in [0.25, 0.3) is 0 Å². The lowest BCUT2D eigenvalue weighted by Gasteiger charge is -2.09. The topological polar surface area (TPSA) is 74.1 Å². The van der Waals surface area contributed by atoms with Crippen molar-refractivity contribution in [3.63, 3.8) is 0 Å². The molecule has 0 aliphatic carbocycles. The predicted molar refractivity (Wildman–Crippen MR) is 79.9 cm³/mol. The predicted octanol–water partition coefficient (Wildman–Crippen LogP) is 2.91. The molecule has 21 heavy (non-hydrogen) atoms. The molecule has 5 nitrogen and oxygen atoms in total. The van der Waals surface area contributed by atoms with Gasteiger partial charge in [-0.05, 0) is 17.7 Å². The second-order valence-corrected chi connectivity index (χ2v) is 4.27. The molecule has 0 heterocycles. The van der Waals surface area contributed by atoms with Gasteiger partial charge in [0.15, 0.2) is 6.61 Å². The van der Waals surface area contributed by atoms with E-state index in [-0.39, 0.29) is 12.6 Å². The molecule has 0 unspecified atom stereocenters. The van der Waals surface area contributed by atoms with Crippen molar-refractivity contribution in [2.75, 3.05) is 11.9 Å². The Morgan fingerprint density at radius 1 is 1.14 bits per heavy atom. The minimum Gasteiger partial charge on any atom is -0.479 e. The van der Waals surface area contributed by atoms with Crippen LogP contribution < -0.4 is 15.4 Å². The molecule has 0 spiro atoms. The van der Waals surface area contributed by atoms with E-state index in [4.69, 9.17) is 10.00 Å². The summed E-state index contributed by atoms with van der Waals surface area (Å²) < 4.78 is 5.17. The first-order chi connectivity index (χ1) is 10.3. The molecule has 0 fully saturated rings. The maximum absolute atomic E-state index is 11.8. The lowest BCUT2D eigenvalue weighted by atomic mass is 10.2. The van der Waals surface area contributed by atoms with Crippen molar-refractivity contribution in [2.45, 2.75) is 6.54 Å². The van der Waals surface area contributed by atoms with Crippen LogP contribution in [-0.4, -0.2) is 12.6 Å². The number of carbonyl (C=O) groups excluding carboxylic acids is 1. The van der Waals surface area contributed by atoms with Crippen LogP contribution >= 0.6 is 0 Å². The number of ether oxygens (including phenoxy) is 1. The number of hydrogen-bond acceptors (Lipinski definition) is 3.